The van der Waals surface area contributed by atoms with Crippen molar-refractivity contribution < 1.29 is 19.7 Å². The van der Waals surface area contributed by atoms with Gasteiger partial charge in [-0.25, -0.2) is 0 Å². The van der Waals surface area contributed by atoms with Crippen LogP contribution < -0.4 is 0 Å². The van der Waals surface area contributed by atoms with Gasteiger partial charge in [0.25, 0.3) is 11.4 Å². The standard InChI is InChI=1S/C11H12N2O6/c1-2-3-9(11(14)15)8-5-4-7(12(16)17)6-10(8)13(18)19/h4-6,9H,2-3H2,1H3,(H,14,15). The maximum atomic E-state index is 11.1. The fraction of sp³-hybridized carbons (Fsp3) is 0.364. The summed E-state index contributed by atoms with van der Waals surface area (Å²) < 4.78 is 0. The van der Waals surface area contributed by atoms with E-state index in [4.69, 9.17) is 5.11 Å². The molecule has 0 saturated carbocycles. The summed E-state index contributed by atoms with van der Waals surface area (Å²) in [5.74, 6) is -2.22. The van der Waals surface area contributed by atoms with E-state index in [9.17, 15) is 25.0 Å². The Morgan fingerprint density at radius 3 is 2.37 bits per heavy atom. The number of carboxylic acids is 1. The Bertz CT molecular complexity index is 528. The van der Waals surface area contributed by atoms with Crippen molar-refractivity contribution in [2.24, 2.45) is 0 Å². The van der Waals surface area contributed by atoms with Crippen LogP contribution in [-0.4, -0.2) is 20.9 Å². The van der Waals surface area contributed by atoms with Gasteiger partial charge in [-0.2, -0.15) is 0 Å². The summed E-state index contributed by atoms with van der Waals surface area (Å²) in [5.41, 5.74) is -0.976. The Morgan fingerprint density at radius 1 is 1.32 bits per heavy atom. The second-order valence-electron chi connectivity index (χ2n) is 3.94. The number of non-ortho nitro benzene ring substituents is 1. The van der Waals surface area contributed by atoms with Crippen molar-refractivity contribution in [1.82, 2.24) is 0 Å². The van der Waals surface area contributed by atoms with Crippen LogP contribution in [0.3, 0.4) is 0 Å². The second-order valence-corrected chi connectivity index (χ2v) is 3.94. The molecule has 0 aliphatic heterocycles. The van der Waals surface area contributed by atoms with Crippen molar-refractivity contribution in [1.29, 1.82) is 0 Å². The molecule has 1 unspecified atom stereocenters. The fourth-order valence-electron chi connectivity index (χ4n) is 1.80. The molecular formula is C11H12N2O6. The van der Waals surface area contributed by atoms with Crippen LogP contribution >= 0.6 is 0 Å². The van der Waals surface area contributed by atoms with Crippen LogP contribution in [0.25, 0.3) is 0 Å². The van der Waals surface area contributed by atoms with E-state index in [-0.39, 0.29) is 12.0 Å². The zero-order valence-electron chi connectivity index (χ0n) is 10.1. The molecule has 0 heterocycles. The number of benzene rings is 1. The topological polar surface area (TPSA) is 124 Å². The first-order chi connectivity index (χ1) is 8.88. The highest BCUT2D eigenvalue weighted by molar-refractivity contribution is 5.78. The third-order valence-electron chi connectivity index (χ3n) is 2.67. The second kappa shape index (κ2) is 5.89. The van der Waals surface area contributed by atoms with Gasteiger partial charge >= 0.3 is 5.97 Å². The molecule has 0 aliphatic carbocycles. The first kappa shape index (κ1) is 14.6. The van der Waals surface area contributed by atoms with Gasteiger partial charge in [0, 0.05) is 11.6 Å². The van der Waals surface area contributed by atoms with Crippen LogP contribution in [-0.2, 0) is 4.79 Å². The molecule has 8 heteroatoms. The summed E-state index contributed by atoms with van der Waals surface area (Å²) in [5, 5.41) is 30.6. The summed E-state index contributed by atoms with van der Waals surface area (Å²) in [6.07, 6.45) is 0.763. The van der Waals surface area contributed by atoms with Gasteiger partial charge < -0.3 is 5.11 Å². The van der Waals surface area contributed by atoms with Crippen molar-refractivity contribution in [2.75, 3.05) is 0 Å². The number of hydrogen-bond donors (Lipinski definition) is 1. The van der Waals surface area contributed by atoms with Crippen LogP contribution in [0.1, 0.15) is 31.2 Å². The summed E-state index contributed by atoms with van der Waals surface area (Å²) in [6.45, 7) is 1.76. The Hall–Kier alpha value is -2.51. The molecular weight excluding hydrogens is 256 g/mol. The largest absolute Gasteiger partial charge is 0.481 e. The predicted molar refractivity (Wildman–Crippen MR) is 65.0 cm³/mol. The van der Waals surface area contributed by atoms with Crippen molar-refractivity contribution in [3.63, 3.8) is 0 Å². The minimum absolute atomic E-state index is 0.00931. The number of carbonyl (C=O) groups is 1. The fourth-order valence-corrected chi connectivity index (χ4v) is 1.80. The van der Waals surface area contributed by atoms with Crippen molar-refractivity contribution in [3.05, 3.63) is 44.0 Å². The number of hydrogen-bond acceptors (Lipinski definition) is 5. The average molecular weight is 268 g/mol. The van der Waals surface area contributed by atoms with Gasteiger partial charge in [0.2, 0.25) is 0 Å². The highest BCUT2D eigenvalue weighted by atomic mass is 16.6. The lowest BCUT2D eigenvalue weighted by atomic mass is 9.93. The molecule has 1 N–H and O–H groups in total. The maximum absolute atomic E-state index is 11.1. The number of nitrogens with zero attached hydrogens (tertiary/aromatic N) is 2. The third-order valence-corrected chi connectivity index (χ3v) is 2.67. The molecule has 0 aromatic heterocycles. The van der Waals surface area contributed by atoms with Crippen molar-refractivity contribution in [2.45, 2.75) is 25.7 Å². The minimum atomic E-state index is -1.18. The molecule has 19 heavy (non-hydrogen) atoms. The number of aliphatic carboxylic acids is 1. The number of carboxylic acid groups (broad SMARTS) is 1. The first-order valence-corrected chi connectivity index (χ1v) is 5.54. The molecule has 0 amide bonds. The van der Waals surface area contributed by atoms with E-state index in [1.54, 1.807) is 6.92 Å². The Morgan fingerprint density at radius 2 is 1.95 bits per heavy atom. The van der Waals surface area contributed by atoms with E-state index in [1.165, 1.54) is 0 Å². The third kappa shape index (κ3) is 3.24. The van der Waals surface area contributed by atoms with Crippen LogP contribution in [0.2, 0.25) is 0 Å². The van der Waals surface area contributed by atoms with Gasteiger partial charge in [-0.1, -0.05) is 13.3 Å². The molecule has 8 nitrogen and oxygen atoms in total. The first-order valence-electron chi connectivity index (χ1n) is 5.54. The smallest absolute Gasteiger partial charge is 0.311 e. The lowest BCUT2D eigenvalue weighted by Crippen LogP contribution is -2.13. The van der Waals surface area contributed by atoms with Crippen molar-refractivity contribution >= 4 is 17.3 Å². The number of nitro groups is 2. The van der Waals surface area contributed by atoms with E-state index in [1.807, 2.05) is 0 Å². The minimum Gasteiger partial charge on any atom is -0.481 e. The zero-order valence-corrected chi connectivity index (χ0v) is 10.1. The molecule has 0 aliphatic rings. The van der Waals surface area contributed by atoms with Gasteiger partial charge in [0.05, 0.1) is 21.8 Å². The summed E-state index contributed by atoms with van der Waals surface area (Å²) in [6, 6.07) is 3.01. The average Bonchev–Trinajstić information content (AvgIpc) is 2.34. The molecule has 102 valence electrons. The van der Waals surface area contributed by atoms with E-state index in [0.717, 1.165) is 18.2 Å². The quantitative estimate of drug-likeness (QED) is 0.624. The highest BCUT2D eigenvalue weighted by Gasteiger charge is 2.29. The van der Waals surface area contributed by atoms with E-state index in [2.05, 4.69) is 0 Å². The lowest BCUT2D eigenvalue weighted by molar-refractivity contribution is -0.394. The normalized spacial score (nSPS) is 11.8. The molecule has 0 fully saturated rings. The molecule has 0 saturated heterocycles. The Balaban J connectivity index is 3.36. The molecule has 1 aromatic carbocycles. The van der Waals surface area contributed by atoms with Gasteiger partial charge in [-0.05, 0) is 12.5 Å². The van der Waals surface area contributed by atoms with Gasteiger partial charge in [0.15, 0.2) is 0 Å². The number of nitro benzene ring substituents is 2. The molecule has 1 aromatic rings. The van der Waals surface area contributed by atoms with Gasteiger partial charge in [-0.15, -0.1) is 0 Å². The van der Waals surface area contributed by atoms with E-state index < -0.39 is 33.1 Å². The van der Waals surface area contributed by atoms with Crippen molar-refractivity contribution in [3.8, 4) is 0 Å². The summed E-state index contributed by atoms with van der Waals surface area (Å²) in [4.78, 5) is 31.1. The molecule has 0 bridgehead atoms. The predicted octanol–water partition coefficient (Wildman–Crippen LogP) is 2.47. The van der Waals surface area contributed by atoms with Crippen LogP contribution in [0.4, 0.5) is 11.4 Å². The summed E-state index contributed by atoms with van der Waals surface area (Å²) >= 11 is 0. The van der Waals surface area contributed by atoms with Crippen LogP contribution in [0, 0.1) is 20.2 Å². The highest BCUT2D eigenvalue weighted by Crippen LogP contribution is 2.33. The summed E-state index contributed by atoms with van der Waals surface area (Å²) in [7, 11) is 0. The Labute approximate surface area is 108 Å². The monoisotopic (exact) mass is 268 g/mol. The van der Waals surface area contributed by atoms with E-state index in [0.29, 0.717) is 6.42 Å². The molecule has 1 atom stereocenters. The molecule has 1 rings (SSSR count). The SMILES string of the molecule is CCCC(C(=O)O)c1ccc([N+](=O)[O-])cc1[N+](=O)[O-]. The Kier molecular flexibility index (Phi) is 4.51. The zero-order chi connectivity index (χ0) is 14.6. The maximum Gasteiger partial charge on any atom is 0.311 e. The molecule has 0 radical (unpaired) electrons. The van der Waals surface area contributed by atoms with Gasteiger partial charge in [0.1, 0.15) is 0 Å². The molecule has 0 spiro atoms. The van der Waals surface area contributed by atoms with Crippen LogP contribution in [0.15, 0.2) is 18.2 Å². The van der Waals surface area contributed by atoms with Gasteiger partial charge in [-0.3, -0.25) is 25.0 Å². The number of rotatable bonds is 6. The lowest BCUT2D eigenvalue weighted by Gasteiger charge is -2.11. The van der Waals surface area contributed by atoms with Crippen LogP contribution in [0.5, 0.6) is 0 Å². The van der Waals surface area contributed by atoms with E-state index >= 15 is 0 Å².